The number of non-ortho nitro benzene ring substituents is 1. The molecule has 2 aromatic carbocycles. The van der Waals surface area contributed by atoms with E-state index in [0.717, 1.165) is 24.0 Å². The quantitative estimate of drug-likeness (QED) is 0.554. The van der Waals surface area contributed by atoms with Crippen molar-refractivity contribution in [2.45, 2.75) is 32.4 Å². The molecule has 0 bridgehead atoms. The number of ether oxygens (including phenoxy) is 1. The Labute approximate surface area is 167 Å². The summed E-state index contributed by atoms with van der Waals surface area (Å²) in [5, 5.41) is 11.1. The van der Waals surface area contributed by atoms with Crippen LogP contribution in [0.1, 0.15) is 24.0 Å². The Kier molecular flexibility index (Phi) is 4.92. The zero-order valence-electron chi connectivity index (χ0n) is 16.0. The zero-order valence-corrected chi connectivity index (χ0v) is 16.0. The van der Waals surface area contributed by atoms with Crippen molar-refractivity contribution >= 4 is 23.2 Å². The molecule has 0 unspecified atom stereocenters. The highest BCUT2D eigenvalue weighted by molar-refractivity contribution is 6.02. The number of carbonyl (C=O) groups is 2. The summed E-state index contributed by atoms with van der Waals surface area (Å²) >= 11 is 0. The van der Waals surface area contributed by atoms with Crippen LogP contribution in [0.15, 0.2) is 42.5 Å². The normalized spacial score (nSPS) is 15.5. The number of anilines is 1. The number of nitrogens with zero attached hydrogens (tertiary/aromatic N) is 3. The summed E-state index contributed by atoms with van der Waals surface area (Å²) in [6, 6.07) is 12.2. The van der Waals surface area contributed by atoms with E-state index in [-0.39, 0.29) is 36.5 Å². The van der Waals surface area contributed by atoms with Gasteiger partial charge < -0.3 is 9.64 Å². The molecule has 8 nitrogen and oxygen atoms in total. The van der Waals surface area contributed by atoms with Crippen LogP contribution >= 0.6 is 0 Å². The average Bonchev–Trinajstić information content (AvgIpc) is 3.54. The van der Waals surface area contributed by atoms with Gasteiger partial charge in [0, 0.05) is 24.7 Å². The monoisotopic (exact) mass is 395 g/mol. The molecule has 0 saturated heterocycles. The number of fused-ring (bicyclic) bond motifs is 1. The number of aryl methyl sites for hydroxylation is 1. The van der Waals surface area contributed by atoms with Crippen LogP contribution in [0.2, 0.25) is 0 Å². The van der Waals surface area contributed by atoms with Crippen LogP contribution in [0, 0.1) is 17.0 Å². The Morgan fingerprint density at radius 3 is 2.62 bits per heavy atom. The second kappa shape index (κ2) is 7.54. The summed E-state index contributed by atoms with van der Waals surface area (Å²) in [6.45, 7) is 2.12. The van der Waals surface area contributed by atoms with E-state index in [4.69, 9.17) is 4.74 Å². The van der Waals surface area contributed by atoms with Gasteiger partial charge in [-0.2, -0.15) is 0 Å². The summed E-state index contributed by atoms with van der Waals surface area (Å²) in [6.07, 6.45) is 1.88. The molecule has 0 N–H and O–H groups in total. The van der Waals surface area contributed by atoms with Crippen LogP contribution in [-0.2, 0) is 16.1 Å². The van der Waals surface area contributed by atoms with Gasteiger partial charge in [0.1, 0.15) is 12.3 Å². The molecule has 0 atom stereocenters. The van der Waals surface area contributed by atoms with E-state index in [1.54, 1.807) is 4.90 Å². The molecule has 29 heavy (non-hydrogen) atoms. The fraction of sp³-hybridized carbons (Fsp3) is 0.333. The van der Waals surface area contributed by atoms with Crippen LogP contribution < -0.4 is 9.64 Å². The highest BCUT2D eigenvalue weighted by Gasteiger charge is 2.36. The highest BCUT2D eigenvalue weighted by Crippen LogP contribution is 2.36. The minimum absolute atomic E-state index is 0.154. The molecule has 0 spiro atoms. The van der Waals surface area contributed by atoms with E-state index in [2.05, 4.69) is 0 Å². The van der Waals surface area contributed by atoms with Crippen LogP contribution in [0.5, 0.6) is 5.75 Å². The summed E-state index contributed by atoms with van der Waals surface area (Å²) in [7, 11) is 0. The standard InChI is InChI=1S/C21H21N3O5/c1-14-2-4-15(5-3-14)11-22(16-6-7-16)20(25)12-23-18-10-17(24(27)28)8-9-19(18)29-13-21(23)26/h2-5,8-10,16H,6-7,11-13H2,1H3. The van der Waals surface area contributed by atoms with Crippen molar-refractivity contribution in [2.75, 3.05) is 18.1 Å². The van der Waals surface area contributed by atoms with Gasteiger partial charge in [-0.05, 0) is 31.4 Å². The molecule has 2 aromatic rings. The third kappa shape index (κ3) is 4.06. The predicted molar refractivity (Wildman–Crippen MR) is 106 cm³/mol. The Bertz CT molecular complexity index is 969. The molecule has 2 amide bonds. The van der Waals surface area contributed by atoms with Crippen molar-refractivity contribution in [1.82, 2.24) is 4.90 Å². The minimum Gasteiger partial charge on any atom is -0.482 e. The third-order valence-electron chi connectivity index (χ3n) is 5.17. The first-order valence-electron chi connectivity index (χ1n) is 9.49. The molecular weight excluding hydrogens is 374 g/mol. The van der Waals surface area contributed by atoms with E-state index >= 15 is 0 Å². The number of amides is 2. The first-order valence-corrected chi connectivity index (χ1v) is 9.49. The van der Waals surface area contributed by atoms with Crippen molar-refractivity contribution in [2.24, 2.45) is 0 Å². The molecule has 0 radical (unpaired) electrons. The number of rotatable bonds is 6. The number of hydrogen-bond acceptors (Lipinski definition) is 5. The lowest BCUT2D eigenvalue weighted by molar-refractivity contribution is -0.384. The van der Waals surface area contributed by atoms with Gasteiger partial charge >= 0.3 is 0 Å². The molecule has 4 rings (SSSR count). The lowest BCUT2D eigenvalue weighted by Gasteiger charge is -2.31. The van der Waals surface area contributed by atoms with Gasteiger partial charge in [-0.25, -0.2) is 0 Å². The van der Waals surface area contributed by atoms with Gasteiger partial charge in [-0.1, -0.05) is 29.8 Å². The Morgan fingerprint density at radius 2 is 1.97 bits per heavy atom. The SMILES string of the molecule is Cc1ccc(CN(C(=O)CN2C(=O)COc3ccc([N+](=O)[O-])cc32)C2CC2)cc1. The Hall–Kier alpha value is -3.42. The fourth-order valence-electron chi connectivity index (χ4n) is 3.40. The van der Waals surface area contributed by atoms with E-state index in [1.807, 2.05) is 31.2 Å². The van der Waals surface area contributed by atoms with Crippen LogP contribution in [0.25, 0.3) is 0 Å². The lowest BCUT2D eigenvalue weighted by atomic mass is 10.1. The maximum Gasteiger partial charge on any atom is 0.271 e. The van der Waals surface area contributed by atoms with Gasteiger partial charge in [0.15, 0.2) is 6.61 Å². The average molecular weight is 395 g/mol. The Morgan fingerprint density at radius 1 is 1.24 bits per heavy atom. The fourth-order valence-corrected chi connectivity index (χ4v) is 3.40. The molecule has 0 aromatic heterocycles. The van der Waals surface area contributed by atoms with Gasteiger partial charge in [0.25, 0.3) is 11.6 Å². The van der Waals surface area contributed by atoms with Crippen molar-refractivity contribution in [3.05, 3.63) is 63.7 Å². The van der Waals surface area contributed by atoms with E-state index in [1.165, 1.54) is 23.1 Å². The van der Waals surface area contributed by atoms with Crippen LogP contribution in [0.4, 0.5) is 11.4 Å². The molecule has 2 aliphatic rings. The first kappa shape index (κ1) is 18.9. The van der Waals surface area contributed by atoms with E-state index in [0.29, 0.717) is 12.3 Å². The molecule has 1 aliphatic carbocycles. The second-order valence-electron chi connectivity index (χ2n) is 7.42. The van der Waals surface area contributed by atoms with Crippen molar-refractivity contribution < 1.29 is 19.2 Å². The first-order chi connectivity index (χ1) is 13.9. The molecule has 150 valence electrons. The van der Waals surface area contributed by atoms with Gasteiger partial charge in [-0.3, -0.25) is 24.6 Å². The summed E-state index contributed by atoms with van der Waals surface area (Å²) in [4.78, 5) is 39.2. The van der Waals surface area contributed by atoms with Crippen molar-refractivity contribution in [3.63, 3.8) is 0 Å². The molecule has 1 fully saturated rings. The molecular formula is C21H21N3O5. The van der Waals surface area contributed by atoms with E-state index < -0.39 is 10.8 Å². The molecule has 1 heterocycles. The minimum atomic E-state index is -0.534. The maximum atomic E-state index is 13.1. The Balaban J connectivity index is 1.56. The van der Waals surface area contributed by atoms with Gasteiger partial charge in [-0.15, -0.1) is 0 Å². The highest BCUT2D eigenvalue weighted by atomic mass is 16.6. The second-order valence-corrected chi connectivity index (χ2v) is 7.42. The molecule has 8 heteroatoms. The van der Waals surface area contributed by atoms with Crippen LogP contribution in [0.3, 0.4) is 0 Å². The van der Waals surface area contributed by atoms with Gasteiger partial charge in [0.2, 0.25) is 5.91 Å². The lowest BCUT2D eigenvalue weighted by Crippen LogP contribution is -2.46. The zero-order chi connectivity index (χ0) is 20.5. The summed E-state index contributed by atoms with van der Waals surface area (Å²) in [5.41, 5.74) is 2.28. The molecule has 1 saturated carbocycles. The van der Waals surface area contributed by atoms with Crippen molar-refractivity contribution in [3.8, 4) is 5.75 Å². The predicted octanol–water partition coefficient (Wildman–Crippen LogP) is 2.82. The van der Waals surface area contributed by atoms with Gasteiger partial charge in [0.05, 0.1) is 10.6 Å². The topological polar surface area (TPSA) is 93.0 Å². The number of nitro groups is 1. The molecule has 1 aliphatic heterocycles. The summed E-state index contributed by atoms with van der Waals surface area (Å²) < 4.78 is 5.37. The number of nitro benzene ring substituents is 1. The maximum absolute atomic E-state index is 13.1. The summed E-state index contributed by atoms with van der Waals surface area (Å²) in [5.74, 6) is -0.210. The number of benzene rings is 2. The number of carbonyl (C=O) groups excluding carboxylic acids is 2. The van der Waals surface area contributed by atoms with Crippen LogP contribution in [-0.4, -0.2) is 40.8 Å². The number of hydrogen-bond donors (Lipinski definition) is 0. The van der Waals surface area contributed by atoms with Crippen molar-refractivity contribution in [1.29, 1.82) is 0 Å². The largest absolute Gasteiger partial charge is 0.482 e. The van der Waals surface area contributed by atoms with E-state index in [9.17, 15) is 19.7 Å². The smallest absolute Gasteiger partial charge is 0.271 e. The third-order valence-corrected chi connectivity index (χ3v) is 5.17.